The van der Waals surface area contributed by atoms with Crippen molar-refractivity contribution in [3.8, 4) is 0 Å². The summed E-state index contributed by atoms with van der Waals surface area (Å²) in [6.07, 6.45) is -0.0792. The van der Waals surface area contributed by atoms with E-state index < -0.39 is 17.9 Å². The van der Waals surface area contributed by atoms with Crippen LogP contribution in [0.5, 0.6) is 0 Å². The number of hydrogen-bond acceptors (Lipinski definition) is 5. The van der Waals surface area contributed by atoms with Gasteiger partial charge in [-0.05, 0) is 12.8 Å². The van der Waals surface area contributed by atoms with Gasteiger partial charge in [-0.1, -0.05) is 30.2 Å². The third-order valence-electron chi connectivity index (χ3n) is 2.83. The largest absolute Gasteiger partial charge is 0.435 e. The molecule has 0 aliphatic carbocycles. The second-order valence-corrected chi connectivity index (χ2v) is 4.38. The molecule has 21 heavy (non-hydrogen) atoms. The Morgan fingerprint density at radius 1 is 1.29 bits per heavy atom. The second-order valence-electron chi connectivity index (χ2n) is 4.38. The maximum absolute atomic E-state index is 13.2. The maximum atomic E-state index is 13.2. The highest BCUT2D eigenvalue weighted by Crippen LogP contribution is 2.31. The first-order valence-electron chi connectivity index (χ1n) is 6.38. The van der Waals surface area contributed by atoms with Crippen molar-refractivity contribution in [3.63, 3.8) is 0 Å². The summed E-state index contributed by atoms with van der Waals surface area (Å²) in [6, 6.07) is -1.07. The molecule has 2 aromatic rings. The van der Waals surface area contributed by atoms with Crippen LogP contribution in [-0.4, -0.2) is 36.0 Å². The fourth-order valence-electron chi connectivity index (χ4n) is 1.85. The van der Waals surface area contributed by atoms with Gasteiger partial charge in [0.25, 0.3) is 0 Å². The second kappa shape index (κ2) is 6.02. The number of nitrogens with zero attached hydrogens (tertiary/aromatic N) is 6. The van der Waals surface area contributed by atoms with Gasteiger partial charge >= 0.3 is 12.2 Å². The lowest BCUT2D eigenvalue weighted by molar-refractivity contribution is -0.143. The van der Waals surface area contributed by atoms with Crippen LogP contribution in [0.3, 0.4) is 0 Å². The molecule has 0 N–H and O–H groups in total. The molecule has 2 rings (SSSR count). The van der Waals surface area contributed by atoms with Gasteiger partial charge in [0.1, 0.15) is 0 Å². The molecule has 2 heterocycles. The van der Waals surface area contributed by atoms with Crippen LogP contribution in [0.1, 0.15) is 37.6 Å². The highest BCUT2D eigenvalue weighted by molar-refractivity contribution is 5.78. The summed E-state index contributed by atoms with van der Waals surface area (Å²) in [5.74, 6) is 0. The van der Waals surface area contributed by atoms with Crippen LogP contribution in [0.25, 0.3) is 0 Å². The SMILES string of the molecule is CCCCCc1nnn(C(=O)n2ccnn2)c1C(F)(F)F. The fourth-order valence-corrected chi connectivity index (χ4v) is 1.85. The first-order valence-corrected chi connectivity index (χ1v) is 6.38. The van der Waals surface area contributed by atoms with E-state index >= 15 is 0 Å². The fraction of sp³-hybridized carbons (Fsp3) is 0.545. The molecule has 0 amide bonds. The molecule has 0 spiro atoms. The zero-order valence-corrected chi connectivity index (χ0v) is 11.2. The quantitative estimate of drug-likeness (QED) is 0.808. The molecule has 0 aliphatic rings. The summed E-state index contributed by atoms with van der Waals surface area (Å²) in [6.45, 7) is 1.94. The molecule has 0 bridgehead atoms. The maximum Gasteiger partial charge on any atom is 0.435 e. The Kier molecular flexibility index (Phi) is 4.34. The molecule has 0 saturated heterocycles. The zero-order valence-electron chi connectivity index (χ0n) is 11.2. The van der Waals surface area contributed by atoms with Gasteiger partial charge in [-0.2, -0.15) is 22.5 Å². The minimum atomic E-state index is -4.72. The number of rotatable bonds is 4. The van der Waals surface area contributed by atoms with Gasteiger partial charge in [0, 0.05) is 0 Å². The minimum absolute atomic E-state index is 0.118. The average Bonchev–Trinajstić information content (AvgIpc) is 3.07. The summed E-state index contributed by atoms with van der Waals surface area (Å²) < 4.78 is 40.3. The lowest BCUT2D eigenvalue weighted by atomic mass is 10.1. The smallest absolute Gasteiger partial charge is 0.243 e. The molecule has 0 aromatic carbocycles. The number of hydrogen-bond donors (Lipinski definition) is 0. The van der Waals surface area contributed by atoms with Crippen molar-refractivity contribution < 1.29 is 18.0 Å². The molecular weight excluding hydrogens is 289 g/mol. The van der Waals surface area contributed by atoms with Gasteiger partial charge in [0.05, 0.1) is 18.1 Å². The number of aromatic nitrogens is 6. The van der Waals surface area contributed by atoms with E-state index in [1.165, 1.54) is 6.20 Å². The van der Waals surface area contributed by atoms with E-state index in [-0.39, 0.29) is 16.8 Å². The van der Waals surface area contributed by atoms with Crippen molar-refractivity contribution in [3.05, 3.63) is 23.8 Å². The standard InChI is InChI=1S/C11H13F3N6O/c1-2-3-4-5-8-9(11(12,13)14)20(18-16-8)10(21)19-7-6-15-17-19/h6-7H,2-5H2,1H3. The van der Waals surface area contributed by atoms with Crippen molar-refractivity contribution in [2.45, 2.75) is 38.8 Å². The molecule has 0 atom stereocenters. The van der Waals surface area contributed by atoms with E-state index in [1.54, 1.807) is 0 Å². The van der Waals surface area contributed by atoms with Crippen LogP contribution < -0.4 is 0 Å². The van der Waals surface area contributed by atoms with Gasteiger partial charge in [-0.15, -0.1) is 10.2 Å². The molecule has 0 fully saturated rings. The van der Waals surface area contributed by atoms with E-state index in [1.807, 2.05) is 6.92 Å². The van der Waals surface area contributed by atoms with Crippen molar-refractivity contribution in [1.82, 2.24) is 30.0 Å². The Morgan fingerprint density at radius 3 is 2.62 bits per heavy atom. The molecule has 7 nitrogen and oxygen atoms in total. The highest BCUT2D eigenvalue weighted by atomic mass is 19.4. The Labute approximate surface area is 117 Å². The Hall–Kier alpha value is -2.26. The number of carbonyl (C=O) groups is 1. The zero-order chi connectivity index (χ0) is 15.5. The van der Waals surface area contributed by atoms with E-state index in [2.05, 4.69) is 20.6 Å². The van der Waals surface area contributed by atoms with Crippen LogP contribution in [-0.2, 0) is 12.6 Å². The minimum Gasteiger partial charge on any atom is -0.243 e. The number of aryl methyl sites for hydroxylation is 1. The monoisotopic (exact) mass is 302 g/mol. The molecular formula is C11H13F3N6O. The predicted molar refractivity (Wildman–Crippen MR) is 64.5 cm³/mol. The third kappa shape index (κ3) is 3.26. The molecule has 0 aliphatic heterocycles. The highest BCUT2D eigenvalue weighted by Gasteiger charge is 2.41. The number of carbonyl (C=O) groups excluding carboxylic acids is 1. The summed E-state index contributed by atoms with van der Waals surface area (Å²) in [7, 11) is 0. The lowest BCUT2D eigenvalue weighted by Gasteiger charge is -2.09. The van der Waals surface area contributed by atoms with Crippen LogP contribution in [0.4, 0.5) is 18.0 Å². The third-order valence-corrected chi connectivity index (χ3v) is 2.83. The average molecular weight is 302 g/mol. The number of alkyl halides is 3. The van der Waals surface area contributed by atoms with Crippen molar-refractivity contribution in [2.24, 2.45) is 0 Å². The van der Waals surface area contributed by atoms with E-state index in [4.69, 9.17) is 0 Å². The lowest BCUT2D eigenvalue weighted by Crippen LogP contribution is -2.27. The molecule has 2 aromatic heterocycles. The van der Waals surface area contributed by atoms with Crippen LogP contribution in [0, 0.1) is 0 Å². The van der Waals surface area contributed by atoms with Crippen molar-refractivity contribution in [2.75, 3.05) is 0 Å². The Morgan fingerprint density at radius 2 is 2.05 bits per heavy atom. The summed E-state index contributed by atoms with van der Waals surface area (Å²) in [4.78, 5) is 11.9. The normalized spacial score (nSPS) is 11.8. The van der Waals surface area contributed by atoms with E-state index in [9.17, 15) is 18.0 Å². The first kappa shape index (κ1) is 15.1. The van der Waals surface area contributed by atoms with Crippen LogP contribution >= 0.6 is 0 Å². The molecule has 0 radical (unpaired) electrons. The van der Waals surface area contributed by atoms with Crippen molar-refractivity contribution in [1.29, 1.82) is 0 Å². The van der Waals surface area contributed by atoms with Gasteiger partial charge in [0.2, 0.25) is 0 Å². The van der Waals surface area contributed by atoms with Gasteiger partial charge in [-0.25, -0.2) is 4.79 Å². The molecule has 0 saturated carbocycles. The Bertz CT molecular complexity index is 604. The van der Waals surface area contributed by atoms with Crippen molar-refractivity contribution >= 4 is 6.03 Å². The van der Waals surface area contributed by atoms with Gasteiger partial charge in [-0.3, -0.25) is 0 Å². The molecule has 10 heteroatoms. The number of unbranched alkanes of at least 4 members (excludes halogenated alkanes) is 2. The number of halogens is 3. The van der Waals surface area contributed by atoms with Crippen LogP contribution in [0.2, 0.25) is 0 Å². The van der Waals surface area contributed by atoms with Crippen LogP contribution in [0.15, 0.2) is 12.4 Å². The summed E-state index contributed by atoms with van der Waals surface area (Å²) in [5.41, 5.74) is -1.39. The predicted octanol–water partition coefficient (Wildman–Crippen LogP) is 2.14. The first-order chi connectivity index (χ1) is 9.95. The topological polar surface area (TPSA) is 78.5 Å². The van der Waals surface area contributed by atoms with E-state index in [0.717, 1.165) is 19.0 Å². The molecule has 0 unspecified atom stereocenters. The summed E-state index contributed by atoms with van der Waals surface area (Å²) >= 11 is 0. The summed E-state index contributed by atoms with van der Waals surface area (Å²) in [5, 5.41) is 13.6. The van der Waals surface area contributed by atoms with Gasteiger partial charge in [0.15, 0.2) is 5.69 Å². The Balaban J connectivity index is 2.35. The van der Waals surface area contributed by atoms with Gasteiger partial charge < -0.3 is 0 Å². The molecule has 114 valence electrons. The van der Waals surface area contributed by atoms with E-state index in [0.29, 0.717) is 11.1 Å².